The van der Waals surface area contributed by atoms with E-state index in [4.69, 9.17) is 18.9 Å². The molecule has 8 heteroatoms. The van der Waals surface area contributed by atoms with E-state index in [9.17, 15) is 14.9 Å². The first-order valence-electron chi connectivity index (χ1n) is 9.25. The number of fused-ring (bicyclic) bond motifs is 1. The number of nitrogens with zero attached hydrogens (tertiary/aromatic N) is 1. The fraction of sp³-hybridized carbons (Fsp3) is 0.381. The van der Waals surface area contributed by atoms with Gasteiger partial charge in [0.2, 0.25) is 0 Å². The second-order valence-electron chi connectivity index (χ2n) is 7.08. The topological polar surface area (TPSA) is 97.1 Å². The normalized spacial score (nSPS) is 12.8. The zero-order valence-corrected chi connectivity index (χ0v) is 16.6. The van der Waals surface area contributed by atoms with Crippen molar-refractivity contribution < 1.29 is 28.7 Å². The molecule has 0 atom stereocenters. The van der Waals surface area contributed by atoms with Gasteiger partial charge in [-0.25, -0.2) is 4.79 Å². The summed E-state index contributed by atoms with van der Waals surface area (Å²) in [6.07, 6.45) is 0. The Bertz CT molecular complexity index is 923. The lowest BCUT2D eigenvalue weighted by Gasteiger charge is -2.20. The summed E-state index contributed by atoms with van der Waals surface area (Å²) in [6.45, 7) is 6.05. The number of esters is 1. The smallest absolute Gasteiger partial charge is 0.344 e. The first-order valence-corrected chi connectivity index (χ1v) is 9.25. The van der Waals surface area contributed by atoms with Gasteiger partial charge in [0.15, 0.2) is 13.4 Å². The number of carbonyl (C=O) groups is 1. The van der Waals surface area contributed by atoms with Crippen LogP contribution in [0.3, 0.4) is 0 Å². The van der Waals surface area contributed by atoms with Crippen molar-refractivity contribution in [2.75, 3.05) is 13.4 Å². The maximum Gasteiger partial charge on any atom is 0.344 e. The minimum Gasteiger partial charge on any atom is -0.482 e. The molecular formula is C21H23NO7. The third kappa shape index (κ3) is 5.03. The molecule has 0 bridgehead atoms. The van der Waals surface area contributed by atoms with E-state index in [2.05, 4.69) is 13.8 Å². The van der Waals surface area contributed by atoms with Crippen molar-refractivity contribution in [3.8, 4) is 11.5 Å². The lowest BCUT2D eigenvalue weighted by Crippen LogP contribution is -2.17. The molecule has 0 aromatic heterocycles. The largest absolute Gasteiger partial charge is 0.482 e. The SMILES string of the molecule is Cc1cc(OCC(=O)OCc2cc([N+](=O)[O-])cc3c2OCOC3)ccc1C(C)C. The molecule has 0 amide bonds. The van der Waals surface area contributed by atoms with Crippen molar-refractivity contribution in [1.82, 2.24) is 0 Å². The Morgan fingerprint density at radius 1 is 1.28 bits per heavy atom. The monoisotopic (exact) mass is 401 g/mol. The number of rotatable bonds is 7. The van der Waals surface area contributed by atoms with Crippen molar-refractivity contribution in [2.24, 2.45) is 0 Å². The fourth-order valence-electron chi connectivity index (χ4n) is 3.22. The van der Waals surface area contributed by atoms with Crippen molar-refractivity contribution in [3.63, 3.8) is 0 Å². The van der Waals surface area contributed by atoms with E-state index in [1.54, 1.807) is 0 Å². The molecule has 154 valence electrons. The highest BCUT2D eigenvalue weighted by Crippen LogP contribution is 2.33. The average Bonchev–Trinajstić information content (AvgIpc) is 2.69. The Kier molecular flexibility index (Phi) is 6.33. The third-order valence-corrected chi connectivity index (χ3v) is 4.59. The van der Waals surface area contributed by atoms with Crippen LogP contribution >= 0.6 is 0 Å². The molecule has 2 aromatic carbocycles. The number of nitro benzene ring substituents is 1. The maximum atomic E-state index is 12.1. The second kappa shape index (κ2) is 8.91. The van der Waals surface area contributed by atoms with Gasteiger partial charge in [0.05, 0.1) is 11.5 Å². The summed E-state index contributed by atoms with van der Waals surface area (Å²) in [4.78, 5) is 22.7. The molecule has 2 aromatic rings. The number of benzene rings is 2. The van der Waals surface area contributed by atoms with Gasteiger partial charge in [-0.3, -0.25) is 10.1 Å². The Morgan fingerprint density at radius 3 is 2.76 bits per heavy atom. The summed E-state index contributed by atoms with van der Waals surface area (Å²) in [5.74, 6) is 0.859. The molecule has 0 saturated carbocycles. The summed E-state index contributed by atoms with van der Waals surface area (Å²) in [5.41, 5.74) is 3.17. The molecule has 0 radical (unpaired) electrons. The fourth-order valence-corrected chi connectivity index (χ4v) is 3.22. The standard InChI is InChI=1S/C21H23NO7/c1-13(2)19-5-4-18(6-14(19)3)27-11-20(23)28-10-16-8-17(22(24)25)7-15-9-26-12-29-21(15)16/h4-8,13H,9-12H2,1-3H3. The summed E-state index contributed by atoms with van der Waals surface area (Å²) in [7, 11) is 0. The van der Waals surface area contributed by atoms with Crippen LogP contribution < -0.4 is 9.47 Å². The minimum atomic E-state index is -0.581. The number of ether oxygens (including phenoxy) is 4. The van der Waals surface area contributed by atoms with Crippen LogP contribution in [-0.2, 0) is 27.5 Å². The molecule has 0 saturated heterocycles. The van der Waals surface area contributed by atoms with Gasteiger partial charge in [0.1, 0.15) is 18.1 Å². The van der Waals surface area contributed by atoms with Gasteiger partial charge in [0, 0.05) is 23.3 Å². The summed E-state index contributed by atoms with van der Waals surface area (Å²) in [6, 6.07) is 8.42. The molecule has 1 heterocycles. The van der Waals surface area contributed by atoms with Crippen LogP contribution in [0.4, 0.5) is 5.69 Å². The molecule has 0 N–H and O–H groups in total. The van der Waals surface area contributed by atoms with Gasteiger partial charge < -0.3 is 18.9 Å². The highest BCUT2D eigenvalue weighted by molar-refractivity contribution is 5.71. The number of hydrogen-bond donors (Lipinski definition) is 0. The Morgan fingerprint density at radius 2 is 2.07 bits per heavy atom. The predicted molar refractivity (Wildman–Crippen MR) is 104 cm³/mol. The van der Waals surface area contributed by atoms with Crippen LogP contribution in [0.1, 0.15) is 42.0 Å². The van der Waals surface area contributed by atoms with Crippen LogP contribution in [-0.4, -0.2) is 24.3 Å². The summed E-state index contributed by atoms with van der Waals surface area (Å²) < 4.78 is 21.3. The maximum absolute atomic E-state index is 12.1. The number of aryl methyl sites for hydroxylation is 1. The van der Waals surface area contributed by atoms with E-state index in [0.717, 1.165) is 5.56 Å². The van der Waals surface area contributed by atoms with Crippen molar-refractivity contribution in [3.05, 3.63) is 62.7 Å². The number of hydrogen-bond acceptors (Lipinski definition) is 7. The van der Waals surface area contributed by atoms with E-state index >= 15 is 0 Å². The van der Waals surface area contributed by atoms with Crippen molar-refractivity contribution >= 4 is 11.7 Å². The molecule has 0 fully saturated rings. The first-order chi connectivity index (χ1) is 13.8. The number of non-ortho nitro benzene ring substituents is 1. The molecule has 0 spiro atoms. The van der Waals surface area contributed by atoms with Crippen LogP contribution in [0.25, 0.3) is 0 Å². The van der Waals surface area contributed by atoms with Gasteiger partial charge in [-0.15, -0.1) is 0 Å². The molecule has 3 rings (SSSR count). The van der Waals surface area contributed by atoms with Crippen LogP contribution in [0.5, 0.6) is 11.5 Å². The van der Waals surface area contributed by atoms with E-state index < -0.39 is 10.9 Å². The highest BCUT2D eigenvalue weighted by atomic mass is 16.7. The zero-order valence-electron chi connectivity index (χ0n) is 16.6. The number of nitro groups is 1. The van der Waals surface area contributed by atoms with E-state index in [1.807, 2.05) is 25.1 Å². The molecule has 8 nitrogen and oxygen atoms in total. The Hall–Kier alpha value is -3.13. The van der Waals surface area contributed by atoms with Crippen LogP contribution in [0, 0.1) is 17.0 Å². The minimum absolute atomic E-state index is 0.0423. The average molecular weight is 401 g/mol. The van der Waals surface area contributed by atoms with Crippen LogP contribution in [0.15, 0.2) is 30.3 Å². The van der Waals surface area contributed by atoms with Gasteiger partial charge >= 0.3 is 5.97 Å². The molecular weight excluding hydrogens is 378 g/mol. The van der Waals surface area contributed by atoms with Crippen molar-refractivity contribution in [1.29, 1.82) is 0 Å². The molecule has 0 aliphatic carbocycles. The van der Waals surface area contributed by atoms with Gasteiger partial charge in [-0.1, -0.05) is 19.9 Å². The Labute approximate surface area is 168 Å². The van der Waals surface area contributed by atoms with Crippen LogP contribution in [0.2, 0.25) is 0 Å². The van der Waals surface area contributed by atoms with Gasteiger partial charge in [0.25, 0.3) is 5.69 Å². The summed E-state index contributed by atoms with van der Waals surface area (Å²) >= 11 is 0. The lowest BCUT2D eigenvalue weighted by atomic mass is 9.98. The third-order valence-electron chi connectivity index (χ3n) is 4.59. The van der Waals surface area contributed by atoms with Crippen molar-refractivity contribution in [2.45, 2.75) is 39.9 Å². The molecule has 1 aliphatic heterocycles. The summed E-state index contributed by atoms with van der Waals surface area (Å²) in [5, 5.41) is 11.1. The van der Waals surface area contributed by atoms with E-state index in [0.29, 0.717) is 28.5 Å². The number of carbonyl (C=O) groups excluding carboxylic acids is 1. The first kappa shape index (κ1) is 20.6. The molecule has 1 aliphatic rings. The second-order valence-corrected chi connectivity index (χ2v) is 7.08. The zero-order chi connectivity index (χ0) is 21.0. The molecule has 29 heavy (non-hydrogen) atoms. The lowest BCUT2D eigenvalue weighted by molar-refractivity contribution is -0.385. The van der Waals surface area contributed by atoms with Gasteiger partial charge in [-0.05, 0) is 36.1 Å². The van der Waals surface area contributed by atoms with E-state index in [1.165, 1.54) is 17.7 Å². The Balaban J connectivity index is 1.62. The highest BCUT2D eigenvalue weighted by Gasteiger charge is 2.22. The van der Waals surface area contributed by atoms with E-state index in [-0.39, 0.29) is 32.3 Å². The van der Waals surface area contributed by atoms with Gasteiger partial charge in [-0.2, -0.15) is 0 Å². The quantitative estimate of drug-likeness (QED) is 0.393. The molecule has 0 unspecified atom stereocenters. The predicted octanol–water partition coefficient (Wildman–Crippen LogP) is 4.02.